The van der Waals surface area contributed by atoms with E-state index in [0.717, 1.165) is 31.0 Å². The Morgan fingerprint density at radius 1 is 1.00 bits per heavy atom. The summed E-state index contributed by atoms with van der Waals surface area (Å²) in [6.45, 7) is 5.22. The van der Waals surface area contributed by atoms with Crippen LogP contribution in [0.3, 0.4) is 0 Å². The zero-order chi connectivity index (χ0) is 15.5. The highest BCUT2D eigenvalue weighted by molar-refractivity contribution is 5.32. The summed E-state index contributed by atoms with van der Waals surface area (Å²) in [5.74, 6) is -0.937. The Bertz CT molecular complexity index is 450. The van der Waals surface area contributed by atoms with Crippen LogP contribution in [0.1, 0.15) is 57.9 Å². The molecule has 0 radical (unpaired) electrons. The largest absolute Gasteiger partial charge is 0.319 e. The van der Waals surface area contributed by atoms with Crippen molar-refractivity contribution in [2.24, 2.45) is 5.41 Å². The first-order valence-electron chi connectivity index (χ1n) is 8.10. The van der Waals surface area contributed by atoms with Crippen molar-refractivity contribution >= 4 is 0 Å². The van der Waals surface area contributed by atoms with E-state index in [1.54, 1.807) is 0 Å². The zero-order valence-electron chi connectivity index (χ0n) is 13.4. The number of benzene rings is 1. The molecular formula is C18H27F2N. The SMILES string of the molecule is CCCC1(CCC)CC(CNC)(c2cc(F)cc(F)c2)C1. The van der Waals surface area contributed by atoms with Crippen molar-refractivity contribution in [3.05, 3.63) is 35.4 Å². The molecule has 0 heterocycles. The van der Waals surface area contributed by atoms with Crippen LogP contribution in [0.2, 0.25) is 0 Å². The van der Waals surface area contributed by atoms with Gasteiger partial charge in [0, 0.05) is 18.0 Å². The molecule has 0 bridgehead atoms. The van der Waals surface area contributed by atoms with Gasteiger partial charge in [-0.1, -0.05) is 26.7 Å². The fourth-order valence-corrected chi connectivity index (χ4v) is 4.55. The van der Waals surface area contributed by atoms with E-state index < -0.39 is 11.6 Å². The summed E-state index contributed by atoms with van der Waals surface area (Å²) in [7, 11) is 1.91. The van der Waals surface area contributed by atoms with Gasteiger partial charge in [-0.2, -0.15) is 0 Å². The summed E-state index contributed by atoms with van der Waals surface area (Å²) in [6, 6.07) is 3.99. The van der Waals surface area contributed by atoms with Crippen LogP contribution < -0.4 is 5.32 Å². The van der Waals surface area contributed by atoms with E-state index in [2.05, 4.69) is 19.2 Å². The van der Waals surface area contributed by atoms with Crippen molar-refractivity contribution in [1.82, 2.24) is 5.32 Å². The molecule has 21 heavy (non-hydrogen) atoms. The smallest absolute Gasteiger partial charge is 0.126 e. The summed E-state index contributed by atoms with van der Waals surface area (Å²) in [6.07, 6.45) is 6.84. The Balaban J connectivity index is 2.28. The lowest BCUT2D eigenvalue weighted by Crippen LogP contribution is -2.54. The van der Waals surface area contributed by atoms with Crippen molar-refractivity contribution in [2.45, 2.75) is 57.8 Å². The van der Waals surface area contributed by atoms with Gasteiger partial charge in [0.25, 0.3) is 0 Å². The number of hydrogen-bond acceptors (Lipinski definition) is 1. The van der Waals surface area contributed by atoms with Gasteiger partial charge >= 0.3 is 0 Å². The first-order valence-corrected chi connectivity index (χ1v) is 8.10. The third kappa shape index (κ3) is 3.28. The molecular weight excluding hydrogens is 268 g/mol. The molecule has 0 aliphatic heterocycles. The van der Waals surface area contributed by atoms with E-state index in [0.29, 0.717) is 5.41 Å². The minimum absolute atomic E-state index is 0.109. The number of nitrogens with one attached hydrogen (secondary N) is 1. The van der Waals surface area contributed by atoms with E-state index >= 15 is 0 Å². The van der Waals surface area contributed by atoms with Gasteiger partial charge in [-0.3, -0.25) is 0 Å². The molecule has 1 fully saturated rings. The van der Waals surface area contributed by atoms with Crippen molar-refractivity contribution in [3.63, 3.8) is 0 Å². The minimum atomic E-state index is -0.469. The van der Waals surface area contributed by atoms with E-state index in [1.807, 2.05) is 7.05 Å². The molecule has 0 unspecified atom stereocenters. The zero-order valence-corrected chi connectivity index (χ0v) is 13.4. The van der Waals surface area contributed by atoms with Crippen LogP contribution in [0.25, 0.3) is 0 Å². The second-order valence-corrected chi connectivity index (χ2v) is 6.82. The second-order valence-electron chi connectivity index (χ2n) is 6.82. The van der Waals surface area contributed by atoms with Crippen LogP contribution in [0.15, 0.2) is 18.2 Å². The van der Waals surface area contributed by atoms with E-state index in [-0.39, 0.29) is 5.41 Å². The molecule has 1 aliphatic rings. The van der Waals surface area contributed by atoms with Crippen LogP contribution in [-0.2, 0) is 5.41 Å². The predicted octanol–water partition coefficient (Wildman–Crippen LogP) is 4.80. The monoisotopic (exact) mass is 295 g/mol. The molecule has 1 aromatic rings. The van der Waals surface area contributed by atoms with Crippen LogP contribution >= 0.6 is 0 Å². The van der Waals surface area contributed by atoms with Crippen molar-refractivity contribution < 1.29 is 8.78 Å². The van der Waals surface area contributed by atoms with Crippen LogP contribution in [0.5, 0.6) is 0 Å². The van der Waals surface area contributed by atoms with Crippen molar-refractivity contribution in [2.75, 3.05) is 13.6 Å². The number of likely N-dealkylation sites (N-methyl/N-ethyl adjacent to an activating group) is 1. The summed E-state index contributed by atoms with van der Waals surface area (Å²) < 4.78 is 27.2. The molecule has 0 aromatic heterocycles. The second kappa shape index (κ2) is 6.43. The molecule has 0 saturated heterocycles. The Morgan fingerprint density at radius 2 is 1.52 bits per heavy atom. The van der Waals surface area contributed by atoms with Gasteiger partial charge in [0.05, 0.1) is 0 Å². The molecule has 1 saturated carbocycles. The molecule has 1 aromatic carbocycles. The average molecular weight is 295 g/mol. The topological polar surface area (TPSA) is 12.0 Å². The third-order valence-corrected chi connectivity index (χ3v) is 4.98. The lowest BCUT2D eigenvalue weighted by molar-refractivity contribution is 0.00356. The normalized spacial score (nSPS) is 19.3. The first-order chi connectivity index (χ1) is 9.99. The van der Waals surface area contributed by atoms with Gasteiger partial charge < -0.3 is 5.32 Å². The van der Waals surface area contributed by atoms with Gasteiger partial charge in [0.2, 0.25) is 0 Å². The summed E-state index contributed by atoms with van der Waals surface area (Å²) in [4.78, 5) is 0. The molecule has 0 atom stereocenters. The molecule has 1 aliphatic carbocycles. The van der Waals surface area contributed by atoms with E-state index in [1.165, 1.54) is 37.8 Å². The van der Waals surface area contributed by atoms with Gasteiger partial charge in [-0.15, -0.1) is 0 Å². The molecule has 1 nitrogen and oxygen atoms in total. The maximum atomic E-state index is 13.6. The van der Waals surface area contributed by atoms with Gasteiger partial charge in [0.15, 0.2) is 0 Å². The summed E-state index contributed by atoms with van der Waals surface area (Å²) in [5.41, 5.74) is 1.07. The molecule has 0 amide bonds. The fourth-order valence-electron chi connectivity index (χ4n) is 4.55. The highest BCUT2D eigenvalue weighted by Gasteiger charge is 2.53. The molecule has 0 spiro atoms. The molecule has 118 valence electrons. The first kappa shape index (κ1) is 16.4. The molecule has 1 N–H and O–H groups in total. The molecule has 3 heteroatoms. The van der Waals surface area contributed by atoms with Crippen molar-refractivity contribution in [1.29, 1.82) is 0 Å². The third-order valence-electron chi connectivity index (χ3n) is 4.98. The standard InChI is InChI=1S/C18H27F2N/c1-4-6-17(7-5-2)11-18(12-17,13-21-3)14-8-15(19)10-16(20)9-14/h8-10,21H,4-7,11-13H2,1-3H3. The lowest BCUT2D eigenvalue weighted by Gasteiger charge is -2.57. The average Bonchev–Trinajstić information content (AvgIpc) is 2.36. The predicted molar refractivity (Wildman–Crippen MR) is 83.4 cm³/mol. The quantitative estimate of drug-likeness (QED) is 0.761. The van der Waals surface area contributed by atoms with Gasteiger partial charge in [0.1, 0.15) is 11.6 Å². The minimum Gasteiger partial charge on any atom is -0.319 e. The maximum Gasteiger partial charge on any atom is 0.126 e. The fraction of sp³-hybridized carbons (Fsp3) is 0.667. The maximum absolute atomic E-state index is 13.6. The van der Waals surface area contributed by atoms with Crippen molar-refractivity contribution in [3.8, 4) is 0 Å². The number of hydrogen-bond donors (Lipinski definition) is 1. The Hall–Kier alpha value is -0.960. The highest BCUT2D eigenvalue weighted by Crippen LogP contribution is 2.60. The highest BCUT2D eigenvalue weighted by atomic mass is 19.1. The lowest BCUT2D eigenvalue weighted by atomic mass is 9.48. The molecule has 2 rings (SSSR count). The summed E-state index contributed by atoms with van der Waals surface area (Å²) in [5, 5.41) is 3.22. The summed E-state index contributed by atoms with van der Waals surface area (Å²) >= 11 is 0. The Morgan fingerprint density at radius 3 is 1.95 bits per heavy atom. The van der Waals surface area contributed by atoms with Gasteiger partial charge in [-0.05, 0) is 55.8 Å². The van der Waals surface area contributed by atoms with Crippen LogP contribution in [-0.4, -0.2) is 13.6 Å². The van der Waals surface area contributed by atoms with E-state index in [9.17, 15) is 8.78 Å². The van der Waals surface area contributed by atoms with Gasteiger partial charge in [-0.25, -0.2) is 8.78 Å². The Labute approximate surface area is 127 Å². The van der Waals surface area contributed by atoms with Crippen LogP contribution in [0.4, 0.5) is 8.78 Å². The van der Waals surface area contributed by atoms with E-state index in [4.69, 9.17) is 0 Å². The van der Waals surface area contributed by atoms with Crippen LogP contribution in [0, 0.1) is 17.0 Å². The number of halogens is 2. The number of rotatable bonds is 7. The Kier molecular flexibility index (Phi) is 5.03.